The molecule has 1 N–H and O–H groups in total. The summed E-state index contributed by atoms with van der Waals surface area (Å²) in [5.41, 5.74) is 0.914. The van der Waals surface area contributed by atoms with Gasteiger partial charge in [-0.2, -0.15) is 5.10 Å². The number of nitrogens with zero attached hydrogens (tertiary/aromatic N) is 2. The molecule has 1 atom stereocenters. The second kappa shape index (κ2) is 5.12. The lowest BCUT2D eigenvalue weighted by Crippen LogP contribution is -2.20. The van der Waals surface area contributed by atoms with Crippen LogP contribution in [0.15, 0.2) is 12.1 Å². The van der Waals surface area contributed by atoms with E-state index in [0.717, 1.165) is 25.2 Å². The Kier molecular flexibility index (Phi) is 4.10. The van der Waals surface area contributed by atoms with Crippen molar-refractivity contribution in [1.29, 1.82) is 0 Å². The Morgan fingerprint density at radius 3 is 2.86 bits per heavy atom. The summed E-state index contributed by atoms with van der Waals surface area (Å²) in [7, 11) is 0. The highest BCUT2D eigenvalue weighted by Crippen LogP contribution is 2.10. The van der Waals surface area contributed by atoms with Crippen molar-refractivity contribution >= 4 is 12.4 Å². The van der Waals surface area contributed by atoms with Crippen LogP contribution in [-0.4, -0.2) is 29.4 Å². The molecule has 2 heterocycles. The van der Waals surface area contributed by atoms with Gasteiger partial charge >= 0.3 is 0 Å². The Bertz CT molecular complexity index is 272. The first kappa shape index (κ1) is 11.2. The molecule has 0 spiro atoms. The molecular formula is C9H14ClN3O. The van der Waals surface area contributed by atoms with E-state index >= 15 is 0 Å². The number of aromatic nitrogens is 2. The minimum atomic E-state index is 0. The van der Waals surface area contributed by atoms with Gasteiger partial charge in [-0.05, 0) is 26.0 Å². The molecule has 1 fully saturated rings. The molecule has 0 unspecified atom stereocenters. The van der Waals surface area contributed by atoms with Crippen LogP contribution in [0.2, 0.25) is 0 Å². The highest BCUT2D eigenvalue weighted by atomic mass is 35.5. The van der Waals surface area contributed by atoms with Crippen LogP contribution in [0.1, 0.15) is 12.1 Å². The van der Waals surface area contributed by atoms with E-state index in [9.17, 15) is 0 Å². The van der Waals surface area contributed by atoms with Gasteiger partial charge in [-0.3, -0.25) is 0 Å². The van der Waals surface area contributed by atoms with Crippen LogP contribution in [0.5, 0.6) is 5.88 Å². The van der Waals surface area contributed by atoms with Gasteiger partial charge in [0.05, 0.1) is 5.69 Å². The maximum absolute atomic E-state index is 5.59. The number of aryl methyl sites for hydroxylation is 1. The molecule has 0 bridgehead atoms. The predicted molar refractivity (Wildman–Crippen MR) is 55.9 cm³/mol. The fraction of sp³-hybridized carbons (Fsp3) is 0.556. The van der Waals surface area contributed by atoms with Crippen molar-refractivity contribution in [3.63, 3.8) is 0 Å². The molecule has 1 saturated heterocycles. The van der Waals surface area contributed by atoms with Crippen molar-refractivity contribution in [3.05, 3.63) is 17.8 Å². The summed E-state index contributed by atoms with van der Waals surface area (Å²) in [4.78, 5) is 0. The molecule has 0 aliphatic carbocycles. The maximum Gasteiger partial charge on any atom is 0.233 e. The molecule has 78 valence electrons. The van der Waals surface area contributed by atoms with Crippen molar-refractivity contribution in [2.45, 2.75) is 19.4 Å². The van der Waals surface area contributed by atoms with Crippen LogP contribution in [0.3, 0.4) is 0 Å². The maximum atomic E-state index is 5.59. The first-order valence-corrected chi connectivity index (χ1v) is 4.52. The van der Waals surface area contributed by atoms with Crippen LogP contribution < -0.4 is 10.1 Å². The average molecular weight is 216 g/mol. The summed E-state index contributed by atoms with van der Waals surface area (Å²) in [5, 5.41) is 11.1. The molecule has 0 amide bonds. The van der Waals surface area contributed by atoms with Crippen molar-refractivity contribution in [2.75, 3.05) is 13.1 Å². The lowest BCUT2D eigenvalue weighted by molar-refractivity contribution is 0.211. The predicted octanol–water partition coefficient (Wildman–Crippen LogP) is 0.948. The monoisotopic (exact) mass is 215 g/mol. The summed E-state index contributed by atoms with van der Waals surface area (Å²) < 4.78 is 5.59. The van der Waals surface area contributed by atoms with E-state index in [1.54, 1.807) is 0 Å². The van der Waals surface area contributed by atoms with Crippen LogP contribution in [0, 0.1) is 6.92 Å². The fourth-order valence-electron chi connectivity index (χ4n) is 1.35. The summed E-state index contributed by atoms with van der Waals surface area (Å²) in [6.07, 6.45) is 1.31. The van der Waals surface area contributed by atoms with Crippen molar-refractivity contribution in [1.82, 2.24) is 15.5 Å². The SMILES string of the molecule is Cc1ccc(O[C@@H]2CCNC2)nn1.Cl. The fourth-order valence-corrected chi connectivity index (χ4v) is 1.35. The van der Waals surface area contributed by atoms with E-state index in [0.29, 0.717) is 5.88 Å². The summed E-state index contributed by atoms with van der Waals surface area (Å²) in [6.45, 7) is 3.85. The zero-order valence-electron chi connectivity index (χ0n) is 8.06. The van der Waals surface area contributed by atoms with E-state index in [4.69, 9.17) is 4.74 Å². The van der Waals surface area contributed by atoms with Gasteiger partial charge in [-0.25, -0.2) is 0 Å². The molecular weight excluding hydrogens is 202 g/mol. The van der Waals surface area contributed by atoms with Crippen LogP contribution in [0.25, 0.3) is 0 Å². The van der Waals surface area contributed by atoms with Crippen molar-refractivity contribution in [2.24, 2.45) is 0 Å². The summed E-state index contributed by atoms with van der Waals surface area (Å²) in [6, 6.07) is 3.77. The summed E-state index contributed by atoms with van der Waals surface area (Å²) in [5.74, 6) is 0.624. The molecule has 14 heavy (non-hydrogen) atoms. The number of hydrogen-bond donors (Lipinski definition) is 1. The Labute approximate surface area is 89.5 Å². The normalized spacial score (nSPS) is 20.2. The third kappa shape index (κ3) is 2.82. The van der Waals surface area contributed by atoms with Crippen molar-refractivity contribution in [3.8, 4) is 5.88 Å². The first-order valence-electron chi connectivity index (χ1n) is 4.52. The third-order valence-electron chi connectivity index (χ3n) is 2.08. The number of rotatable bonds is 2. The number of nitrogens with one attached hydrogen (secondary N) is 1. The van der Waals surface area contributed by atoms with Gasteiger partial charge < -0.3 is 10.1 Å². The lowest BCUT2D eigenvalue weighted by atomic mass is 10.3. The van der Waals surface area contributed by atoms with Crippen LogP contribution >= 0.6 is 12.4 Å². The molecule has 1 aliphatic heterocycles. The second-order valence-electron chi connectivity index (χ2n) is 3.25. The number of ether oxygens (including phenoxy) is 1. The molecule has 2 rings (SSSR count). The Morgan fingerprint density at radius 2 is 2.29 bits per heavy atom. The van der Waals surface area contributed by atoms with Gasteiger partial charge in [0.2, 0.25) is 5.88 Å². The Hall–Kier alpha value is -0.870. The Balaban J connectivity index is 0.000000980. The highest BCUT2D eigenvalue weighted by molar-refractivity contribution is 5.85. The van der Waals surface area contributed by atoms with Crippen LogP contribution in [0.4, 0.5) is 0 Å². The second-order valence-corrected chi connectivity index (χ2v) is 3.25. The van der Waals surface area contributed by atoms with Gasteiger partial charge in [-0.1, -0.05) is 0 Å². The third-order valence-corrected chi connectivity index (χ3v) is 2.08. The largest absolute Gasteiger partial charge is 0.472 e. The smallest absolute Gasteiger partial charge is 0.233 e. The van der Waals surface area contributed by atoms with Gasteiger partial charge in [0.1, 0.15) is 6.10 Å². The van der Waals surface area contributed by atoms with Crippen LogP contribution in [-0.2, 0) is 0 Å². The average Bonchev–Trinajstić information content (AvgIpc) is 2.62. The van der Waals surface area contributed by atoms with Gasteiger partial charge in [-0.15, -0.1) is 17.5 Å². The highest BCUT2D eigenvalue weighted by Gasteiger charge is 2.16. The molecule has 0 saturated carbocycles. The van der Waals surface area contributed by atoms with E-state index in [2.05, 4.69) is 15.5 Å². The van der Waals surface area contributed by atoms with Crippen molar-refractivity contribution < 1.29 is 4.74 Å². The first-order chi connectivity index (χ1) is 6.34. The van der Waals surface area contributed by atoms with E-state index in [1.807, 2.05) is 19.1 Å². The number of hydrogen-bond acceptors (Lipinski definition) is 4. The van der Waals surface area contributed by atoms with Gasteiger partial charge in [0.15, 0.2) is 0 Å². The molecule has 4 nitrogen and oxygen atoms in total. The Morgan fingerprint density at radius 1 is 1.43 bits per heavy atom. The molecule has 1 aromatic heterocycles. The molecule has 1 aliphatic rings. The van der Waals surface area contributed by atoms with Gasteiger partial charge in [0.25, 0.3) is 0 Å². The van der Waals surface area contributed by atoms with Gasteiger partial charge in [0, 0.05) is 12.6 Å². The molecule has 1 aromatic rings. The molecule has 0 aromatic carbocycles. The molecule has 0 radical (unpaired) electrons. The minimum absolute atomic E-state index is 0. The topological polar surface area (TPSA) is 47.0 Å². The van der Waals surface area contributed by atoms with E-state index < -0.39 is 0 Å². The minimum Gasteiger partial charge on any atom is -0.472 e. The van der Waals surface area contributed by atoms with E-state index in [1.165, 1.54) is 0 Å². The standard InChI is InChI=1S/C9H13N3O.ClH/c1-7-2-3-9(12-11-7)13-8-4-5-10-6-8;/h2-3,8,10H,4-6H2,1H3;1H/t8-;/m1./s1. The zero-order chi connectivity index (χ0) is 9.10. The zero-order valence-corrected chi connectivity index (χ0v) is 8.88. The van der Waals surface area contributed by atoms with E-state index in [-0.39, 0.29) is 18.5 Å². The molecule has 5 heteroatoms. The quantitative estimate of drug-likeness (QED) is 0.798. The number of halogens is 1. The summed E-state index contributed by atoms with van der Waals surface area (Å²) >= 11 is 0. The lowest BCUT2D eigenvalue weighted by Gasteiger charge is -2.10.